The van der Waals surface area contributed by atoms with Crippen molar-refractivity contribution < 1.29 is 14.3 Å². The van der Waals surface area contributed by atoms with Crippen molar-refractivity contribution in [3.05, 3.63) is 65.7 Å². The lowest BCUT2D eigenvalue weighted by Gasteiger charge is -2.20. The summed E-state index contributed by atoms with van der Waals surface area (Å²) in [6, 6.07) is 17.1. The van der Waals surface area contributed by atoms with Gasteiger partial charge in [-0.2, -0.15) is 0 Å². The van der Waals surface area contributed by atoms with Crippen LogP contribution in [0.5, 0.6) is 5.75 Å². The van der Waals surface area contributed by atoms with Gasteiger partial charge < -0.3 is 15.0 Å². The lowest BCUT2D eigenvalue weighted by atomic mass is 10.2. The summed E-state index contributed by atoms with van der Waals surface area (Å²) in [4.78, 5) is 26.3. The zero-order chi connectivity index (χ0) is 19.6. The third-order valence-corrected chi connectivity index (χ3v) is 4.91. The van der Waals surface area contributed by atoms with Crippen LogP contribution in [0.1, 0.15) is 48.0 Å². The Balaban J connectivity index is 1.43. The van der Waals surface area contributed by atoms with Gasteiger partial charge in [0, 0.05) is 31.6 Å². The van der Waals surface area contributed by atoms with Gasteiger partial charge in [-0.25, -0.2) is 0 Å². The molecule has 2 amide bonds. The van der Waals surface area contributed by atoms with Crippen molar-refractivity contribution in [3.8, 4) is 5.75 Å². The van der Waals surface area contributed by atoms with Gasteiger partial charge in [0.1, 0.15) is 12.4 Å². The number of carbonyl (C=O) groups excluding carboxylic acids is 2. The molecule has 2 aromatic carbocycles. The maximum absolute atomic E-state index is 12.4. The van der Waals surface area contributed by atoms with E-state index in [1.54, 1.807) is 12.1 Å². The summed E-state index contributed by atoms with van der Waals surface area (Å²) in [6.07, 6.45) is 4.62. The number of hydrogen-bond acceptors (Lipinski definition) is 3. The van der Waals surface area contributed by atoms with Crippen LogP contribution in [-0.2, 0) is 11.4 Å². The Bertz CT molecular complexity index is 776. The van der Waals surface area contributed by atoms with E-state index in [-0.39, 0.29) is 11.8 Å². The molecule has 0 unspecified atom stereocenters. The first-order valence-corrected chi connectivity index (χ1v) is 10.0. The molecule has 0 spiro atoms. The third kappa shape index (κ3) is 6.12. The molecular formula is C23H28N2O3. The van der Waals surface area contributed by atoms with E-state index in [1.807, 2.05) is 47.4 Å². The molecule has 0 radical (unpaired) electrons. The Morgan fingerprint density at radius 1 is 1.04 bits per heavy atom. The van der Waals surface area contributed by atoms with Crippen molar-refractivity contribution in [1.29, 1.82) is 0 Å². The zero-order valence-corrected chi connectivity index (χ0v) is 16.2. The number of rotatable bonds is 8. The molecule has 0 aromatic heterocycles. The molecule has 1 saturated heterocycles. The van der Waals surface area contributed by atoms with E-state index in [2.05, 4.69) is 5.32 Å². The molecule has 0 aliphatic carbocycles. The number of likely N-dealkylation sites (tertiary alicyclic amines) is 1. The van der Waals surface area contributed by atoms with Crippen LogP contribution in [-0.4, -0.2) is 36.3 Å². The molecule has 1 aliphatic heterocycles. The Hall–Kier alpha value is -2.82. The van der Waals surface area contributed by atoms with Gasteiger partial charge in [0.25, 0.3) is 5.91 Å². The van der Waals surface area contributed by atoms with Crippen LogP contribution in [0.4, 0.5) is 0 Å². The molecule has 3 rings (SSSR count). The van der Waals surface area contributed by atoms with Crippen molar-refractivity contribution in [2.75, 3.05) is 19.6 Å². The monoisotopic (exact) mass is 380 g/mol. The van der Waals surface area contributed by atoms with Gasteiger partial charge >= 0.3 is 0 Å². The van der Waals surface area contributed by atoms with Gasteiger partial charge in [0.2, 0.25) is 5.91 Å². The van der Waals surface area contributed by atoms with Gasteiger partial charge in [-0.1, -0.05) is 42.8 Å². The van der Waals surface area contributed by atoms with Crippen LogP contribution >= 0.6 is 0 Å². The Kier molecular flexibility index (Phi) is 7.47. The van der Waals surface area contributed by atoms with E-state index >= 15 is 0 Å². The normalized spacial score (nSPS) is 14.4. The van der Waals surface area contributed by atoms with Crippen LogP contribution in [0.25, 0.3) is 0 Å². The van der Waals surface area contributed by atoms with Crippen molar-refractivity contribution in [1.82, 2.24) is 10.2 Å². The molecule has 1 aliphatic rings. The fraction of sp³-hybridized carbons (Fsp3) is 0.391. The number of hydrogen-bond donors (Lipinski definition) is 1. The third-order valence-electron chi connectivity index (χ3n) is 4.91. The Morgan fingerprint density at radius 2 is 1.89 bits per heavy atom. The minimum absolute atomic E-state index is 0.118. The van der Waals surface area contributed by atoms with Crippen LogP contribution in [0.2, 0.25) is 0 Å². The van der Waals surface area contributed by atoms with Crippen molar-refractivity contribution >= 4 is 11.8 Å². The highest BCUT2D eigenvalue weighted by molar-refractivity contribution is 5.94. The van der Waals surface area contributed by atoms with Crippen LogP contribution < -0.4 is 10.1 Å². The van der Waals surface area contributed by atoms with Gasteiger partial charge in [-0.3, -0.25) is 9.59 Å². The number of nitrogens with one attached hydrogen (secondary N) is 1. The summed E-state index contributed by atoms with van der Waals surface area (Å²) >= 11 is 0. The zero-order valence-electron chi connectivity index (χ0n) is 16.2. The standard InChI is InChI=1S/C23H28N2O3/c26-22-13-5-2-6-15-25(22)16-8-14-24-23(27)20-11-7-12-21(17-20)28-18-19-9-3-1-4-10-19/h1,3-4,7,9-12,17H,2,5-6,8,13-16,18H2,(H,24,27). The molecule has 1 N–H and O–H groups in total. The number of ether oxygens (including phenoxy) is 1. The molecule has 5 nitrogen and oxygen atoms in total. The average Bonchev–Trinajstić information content (AvgIpc) is 2.94. The smallest absolute Gasteiger partial charge is 0.251 e. The van der Waals surface area contributed by atoms with E-state index in [0.717, 1.165) is 37.8 Å². The first-order valence-electron chi connectivity index (χ1n) is 10.0. The molecule has 1 fully saturated rings. The van der Waals surface area contributed by atoms with Crippen molar-refractivity contribution in [3.63, 3.8) is 0 Å². The van der Waals surface area contributed by atoms with Crippen molar-refractivity contribution in [2.24, 2.45) is 0 Å². The number of nitrogens with zero attached hydrogens (tertiary/aromatic N) is 1. The lowest BCUT2D eigenvalue weighted by Crippen LogP contribution is -2.34. The van der Waals surface area contributed by atoms with Gasteiger partial charge in [0.15, 0.2) is 0 Å². The molecule has 0 bridgehead atoms. The number of carbonyl (C=O) groups is 2. The highest BCUT2D eigenvalue weighted by Crippen LogP contribution is 2.15. The molecular weight excluding hydrogens is 352 g/mol. The maximum atomic E-state index is 12.4. The molecule has 0 saturated carbocycles. The topological polar surface area (TPSA) is 58.6 Å². The molecule has 5 heteroatoms. The SMILES string of the molecule is O=C(NCCCN1CCCCCC1=O)c1cccc(OCc2ccccc2)c1. The fourth-order valence-electron chi connectivity index (χ4n) is 3.32. The molecule has 0 atom stereocenters. The van der Waals surface area contributed by atoms with E-state index in [9.17, 15) is 9.59 Å². The first-order chi connectivity index (χ1) is 13.7. The van der Waals surface area contributed by atoms with E-state index < -0.39 is 0 Å². The molecule has 2 aromatic rings. The predicted molar refractivity (Wildman–Crippen MR) is 109 cm³/mol. The molecule has 1 heterocycles. The lowest BCUT2D eigenvalue weighted by molar-refractivity contribution is -0.130. The summed E-state index contributed by atoms with van der Waals surface area (Å²) in [5.41, 5.74) is 1.66. The summed E-state index contributed by atoms with van der Waals surface area (Å²) in [7, 11) is 0. The second kappa shape index (κ2) is 10.5. The summed E-state index contributed by atoms with van der Waals surface area (Å²) in [5.74, 6) is 0.797. The highest BCUT2D eigenvalue weighted by atomic mass is 16.5. The minimum Gasteiger partial charge on any atom is -0.489 e. The van der Waals surface area contributed by atoms with E-state index in [0.29, 0.717) is 37.4 Å². The average molecular weight is 380 g/mol. The Morgan fingerprint density at radius 3 is 2.75 bits per heavy atom. The largest absolute Gasteiger partial charge is 0.489 e. The van der Waals surface area contributed by atoms with Gasteiger partial charge in [-0.15, -0.1) is 0 Å². The van der Waals surface area contributed by atoms with Gasteiger partial charge in [0.05, 0.1) is 0 Å². The minimum atomic E-state index is -0.118. The van der Waals surface area contributed by atoms with E-state index in [1.165, 1.54) is 0 Å². The fourth-order valence-corrected chi connectivity index (χ4v) is 3.32. The summed E-state index contributed by atoms with van der Waals surface area (Å²) in [5, 5.41) is 2.94. The maximum Gasteiger partial charge on any atom is 0.251 e. The summed E-state index contributed by atoms with van der Waals surface area (Å²) < 4.78 is 5.79. The quantitative estimate of drug-likeness (QED) is 0.709. The van der Waals surface area contributed by atoms with Crippen LogP contribution in [0.3, 0.4) is 0 Å². The Labute approximate surface area is 166 Å². The van der Waals surface area contributed by atoms with Crippen LogP contribution in [0.15, 0.2) is 54.6 Å². The number of amides is 2. The van der Waals surface area contributed by atoms with Crippen LogP contribution in [0, 0.1) is 0 Å². The highest BCUT2D eigenvalue weighted by Gasteiger charge is 2.15. The first kappa shape index (κ1) is 19.9. The molecule has 148 valence electrons. The van der Waals surface area contributed by atoms with Gasteiger partial charge in [-0.05, 0) is 43.0 Å². The van der Waals surface area contributed by atoms with Crippen molar-refractivity contribution in [2.45, 2.75) is 38.7 Å². The second-order valence-corrected chi connectivity index (χ2v) is 7.10. The second-order valence-electron chi connectivity index (χ2n) is 7.10. The predicted octanol–water partition coefficient (Wildman–Crippen LogP) is 3.79. The van der Waals surface area contributed by atoms with E-state index in [4.69, 9.17) is 4.74 Å². The molecule has 28 heavy (non-hydrogen) atoms. The number of benzene rings is 2. The summed E-state index contributed by atoms with van der Waals surface area (Å²) in [6.45, 7) is 2.57.